The Kier molecular flexibility index (Phi) is 4.42. The summed E-state index contributed by atoms with van der Waals surface area (Å²) in [5, 5.41) is 19.9. The summed E-state index contributed by atoms with van der Waals surface area (Å²) in [7, 11) is 0. The second-order valence-electron chi connectivity index (χ2n) is 5.32. The highest BCUT2D eigenvalue weighted by Crippen LogP contribution is 2.25. The zero-order valence-electron chi connectivity index (χ0n) is 12.2. The van der Waals surface area contributed by atoms with Gasteiger partial charge in [-0.3, -0.25) is 19.8 Å². The molecule has 1 atom stereocenters. The summed E-state index contributed by atoms with van der Waals surface area (Å²) in [5.41, 5.74) is 1.76. The topological polar surface area (TPSA) is 86.9 Å². The van der Waals surface area contributed by atoms with Crippen molar-refractivity contribution >= 4 is 17.3 Å². The van der Waals surface area contributed by atoms with E-state index in [4.69, 9.17) is 5.11 Å². The zero-order valence-corrected chi connectivity index (χ0v) is 12.2. The van der Waals surface area contributed by atoms with Crippen molar-refractivity contribution in [3.05, 3.63) is 33.9 Å². The third-order valence-corrected chi connectivity index (χ3v) is 3.84. The van der Waals surface area contributed by atoms with Crippen LogP contribution >= 0.6 is 0 Å². The van der Waals surface area contributed by atoms with Gasteiger partial charge in [-0.25, -0.2) is 0 Å². The lowest BCUT2D eigenvalue weighted by Gasteiger charge is -2.37. The van der Waals surface area contributed by atoms with Crippen molar-refractivity contribution in [3.8, 4) is 0 Å². The van der Waals surface area contributed by atoms with Crippen molar-refractivity contribution in [1.29, 1.82) is 0 Å². The Morgan fingerprint density at radius 2 is 1.90 bits per heavy atom. The largest absolute Gasteiger partial charge is 0.480 e. The van der Waals surface area contributed by atoms with Gasteiger partial charge in [-0.15, -0.1) is 0 Å². The molecule has 1 aliphatic heterocycles. The number of nitro benzene ring substituents is 1. The number of aliphatic carboxylic acids is 1. The van der Waals surface area contributed by atoms with Crippen LogP contribution in [0.4, 0.5) is 11.4 Å². The molecule has 1 aromatic rings. The fraction of sp³-hybridized carbons (Fsp3) is 0.500. The normalized spacial score (nSPS) is 17.5. The SMILES string of the molecule is Cc1cc(N2CCN(C(C)C(=O)O)CC2)cc([N+](=O)[O-])c1. The molecule has 7 nitrogen and oxygen atoms in total. The maximum Gasteiger partial charge on any atom is 0.320 e. The predicted octanol–water partition coefficient (Wildman–Crippen LogP) is 1.50. The molecule has 0 saturated carbocycles. The average molecular weight is 293 g/mol. The molecule has 114 valence electrons. The number of nitro groups is 1. The van der Waals surface area contributed by atoms with Gasteiger partial charge in [0.2, 0.25) is 0 Å². The van der Waals surface area contributed by atoms with Gasteiger partial charge >= 0.3 is 5.97 Å². The third kappa shape index (κ3) is 3.49. The first-order valence-electron chi connectivity index (χ1n) is 6.86. The van der Waals surface area contributed by atoms with Gasteiger partial charge in [0.05, 0.1) is 4.92 Å². The number of piperazine rings is 1. The Morgan fingerprint density at radius 1 is 1.29 bits per heavy atom. The van der Waals surface area contributed by atoms with Crippen molar-refractivity contribution < 1.29 is 14.8 Å². The molecule has 0 radical (unpaired) electrons. The Labute approximate surface area is 122 Å². The van der Waals surface area contributed by atoms with E-state index >= 15 is 0 Å². The Morgan fingerprint density at radius 3 is 2.43 bits per heavy atom. The first-order valence-corrected chi connectivity index (χ1v) is 6.86. The molecule has 0 aliphatic carbocycles. The van der Waals surface area contributed by atoms with Crippen LogP contribution in [0.3, 0.4) is 0 Å². The molecule has 1 aromatic carbocycles. The molecule has 21 heavy (non-hydrogen) atoms. The molecular formula is C14H19N3O4. The molecule has 1 heterocycles. The number of carboxylic acids is 1. The zero-order chi connectivity index (χ0) is 15.6. The number of rotatable bonds is 4. The Balaban J connectivity index is 2.09. The highest BCUT2D eigenvalue weighted by atomic mass is 16.6. The van der Waals surface area contributed by atoms with Crippen molar-refractivity contribution in [2.24, 2.45) is 0 Å². The van der Waals surface area contributed by atoms with E-state index in [0.717, 1.165) is 11.3 Å². The second-order valence-corrected chi connectivity index (χ2v) is 5.32. The van der Waals surface area contributed by atoms with Crippen LogP contribution in [-0.4, -0.2) is 53.1 Å². The summed E-state index contributed by atoms with van der Waals surface area (Å²) in [5.74, 6) is -0.824. The summed E-state index contributed by atoms with van der Waals surface area (Å²) < 4.78 is 0. The van der Waals surface area contributed by atoms with Gasteiger partial charge in [0.25, 0.3) is 5.69 Å². The van der Waals surface area contributed by atoms with Crippen LogP contribution in [0.5, 0.6) is 0 Å². The number of non-ortho nitro benzene ring substituents is 1. The first kappa shape index (κ1) is 15.2. The van der Waals surface area contributed by atoms with Crippen LogP contribution in [0.2, 0.25) is 0 Å². The number of hydrogen-bond donors (Lipinski definition) is 1. The summed E-state index contributed by atoms with van der Waals surface area (Å²) in [6.45, 7) is 6.11. The van der Waals surface area contributed by atoms with Crippen LogP contribution in [0, 0.1) is 17.0 Å². The van der Waals surface area contributed by atoms with Gasteiger partial charge in [-0.05, 0) is 25.5 Å². The molecule has 0 bridgehead atoms. The second kappa shape index (κ2) is 6.09. The van der Waals surface area contributed by atoms with E-state index in [1.807, 2.05) is 17.9 Å². The maximum absolute atomic E-state index is 11.0. The molecule has 1 aliphatic rings. The molecule has 2 rings (SSSR count). The predicted molar refractivity (Wildman–Crippen MR) is 78.7 cm³/mol. The minimum atomic E-state index is -0.824. The van der Waals surface area contributed by atoms with Gasteiger partial charge in [-0.1, -0.05) is 0 Å². The summed E-state index contributed by atoms with van der Waals surface area (Å²) in [6, 6.07) is 4.54. The number of nitrogens with zero attached hydrogens (tertiary/aromatic N) is 3. The van der Waals surface area contributed by atoms with Crippen molar-refractivity contribution in [2.45, 2.75) is 19.9 Å². The molecule has 7 heteroatoms. The summed E-state index contributed by atoms with van der Waals surface area (Å²) >= 11 is 0. The Hall–Kier alpha value is -2.15. The van der Waals surface area contributed by atoms with Gasteiger partial charge in [0.1, 0.15) is 6.04 Å². The minimum Gasteiger partial charge on any atom is -0.480 e. The van der Waals surface area contributed by atoms with Gasteiger partial charge in [0, 0.05) is 44.0 Å². The van der Waals surface area contributed by atoms with Crippen LogP contribution in [0.25, 0.3) is 0 Å². The maximum atomic E-state index is 11.0. The van der Waals surface area contributed by atoms with Crippen LogP contribution in [0.1, 0.15) is 12.5 Å². The monoisotopic (exact) mass is 293 g/mol. The average Bonchev–Trinajstić information content (AvgIpc) is 2.45. The lowest BCUT2D eigenvalue weighted by Crippen LogP contribution is -2.51. The van der Waals surface area contributed by atoms with Crippen molar-refractivity contribution in [1.82, 2.24) is 4.90 Å². The summed E-state index contributed by atoms with van der Waals surface area (Å²) in [4.78, 5) is 25.5. The van der Waals surface area contributed by atoms with Gasteiger partial charge in [0.15, 0.2) is 0 Å². The van der Waals surface area contributed by atoms with E-state index in [1.165, 1.54) is 0 Å². The van der Waals surface area contributed by atoms with Gasteiger partial charge in [-0.2, -0.15) is 0 Å². The molecule has 1 unspecified atom stereocenters. The molecular weight excluding hydrogens is 274 g/mol. The lowest BCUT2D eigenvalue weighted by atomic mass is 10.1. The van der Waals surface area contributed by atoms with E-state index in [9.17, 15) is 14.9 Å². The van der Waals surface area contributed by atoms with Crippen LogP contribution in [0.15, 0.2) is 18.2 Å². The van der Waals surface area contributed by atoms with E-state index in [2.05, 4.69) is 4.90 Å². The number of carboxylic acid groups (broad SMARTS) is 1. The van der Waals surface area contributed by atoms with Crippen LogP contribution < -0.4 is 4.90 Å². The highest BCUT2D eigenvalue weighted by molar-refractivity contribution is 5.73. The molecule has 0 amide bonds. The Bertz CT molecular complexity index is 553. The number of aryl methyl sites for hydroxylation is 1. The van der Waals surface area contributed by atoms with E-state index in [1.54, 1.807) is 19.1 Å². The fourth-order valence-corrected chi connectivity index (χ4v) is 2.55. The van der Waals surface area contributed by atoms with Crippen LogP contribution in [-0.2, 0) is 4.79 Å². The minimum absolute atomic E-state index is 0.0892. The van der Waals surface area contributed by atoms with Crippen molar-refractivity contribution in [3.63, 3.8) is 0 Å². The summed E-state index contributed by atoms with van der Waals surface area (Å²) in [6.07, 6.45) is 0. The quantitative estimate of drug-likeness (QED) is 0.668. The molecule has 1 fully saturated rings. The number of anilines is 1. The lowest BCUT2D eigenvalue weighted by molar-refractivity contribution is -0.384. The standard InChI is InChI=1S/C14H19N3O4/c1-10-7-12(9-13(8-10)17(20)21)16-5-3-15(4-6-16)11(2)14(18)19/h7-9,11H,3-6H2,1-2H3,(H,18,19). The number of benzene rings is 1. The van der Waals surface area contributed by atoms with E-state index in [-0.39, 0.29) is 10.6 Å². The molecule has 1 saturated heterocycles. The van der Waals surface area contributed by atoms with Gasteiger partial charge < -0.3 is 10.0 Å². The fourth-order valence-electron chi connectivity index (χ4n) is 2.55. The first-order chi connectivity index (χ1) is 9.88. The molecule has 0 spiro atoms. The van der Waals surface area contributed by atoms with Crippen molar-refractivity contribution in [2.75, 3.05) is 31.1 Å². The smallest absolute Gasteiger partial charge is 0.320 e. The molecule has 1 N–H and O–H groups in total. The van der Waals surface area contributed by atoms with E-state index in [0.29, 0.717) is 26.2 Å². The van der Waals surface area contributed by atoms with E-state index < -0.39 is 12.0 Å². The highest BCUT2D eigenvalue weighted by Gasteiger charge is 2.25. The number of hydrogen-bond acceptors (Lipinski definition) is 5. The number of carbonyl (C=O) groups is 1. The molecule has 0 aromatic heterocycles. The third-order valence-electron chi connectivity index (χ3n) is 3.84.